The summed E-state index contributed by atoms with van der Waals surface area (Å²) in [7, 11) is 0. The number of ether oxygens (including phenoxy) is 1. The lowest BCUT2D eigenvalue weighted by Crippen LogP contribution is -2.24. The van der Waals surface area contributed by atoms with Crippen molar-refractivity contribution < 1.29 is 9.13 Å². The SMILES string of the molecule is Cc1cc(OCc2ccc(F)cc2)c(Br)c(=O)n1Cc1cccnc1. The van der Waals surface area contributed by atoms with Crippen molar-refractivity contribution in [2.75, 3.05) is 0 Å². The number of hydrogen-bond donors (Lipinski definition) is 0. The van der Waals surface area contributed by atoms with Gasteiger partial charge in [-0.1, -0.05) is 18.2 Å². The average Bonchev–Trinajstić information content (AvgIpc) is 2.63. The smallest absolute Gasteiger partial charge is 0.269 e. The molecule has 0 aliphatic heterocycles. The lowest BCUT2D eigenvalue weighted by atomic mass is 10.2. The fourth-order valence-corrected chi connectivity index (χ4v) is 2.88. The van der Waals surface area contributed by atoms with Crippen molar-refractivity contribution in [3.05, 3.63) is 92.3 Å². The molecule has 2 heterocycles. The van der Waals surface area contributed by atoms with E-state index >= 15 is 0 Å². The summed E-state index contributed by atoms with van der Waals surface area (Å²) in [4.78, 5) is 16.7. The number of pyridine rings is 2. The normalized spacial score (nSPS) is 10.7. The van der Waals surface area contributed by atoms with Crippen molar-refractivity contribution in [3.63, 3.8) is 0 Å². The van der Waals surface area contributed by atoms with Gasteiger partial charge >= 0.3 is 0 Å². The van der Waals surface area contributed by atoms with Crippen LogP contribution in [0, 0.1) is 12.7 Å². The van der Waals surface area contributed by atoms with Crippen LogP contribution in [0.2, 0.25) is 0 Å². The van der Waals surface area contributed by atoms with Gasteiger partial charge in [0.15, 0.2) is 0 Å². The van der Waals surface area contributed by atoms with Gasteiger partial charge < -0.3 is 9.30 Å². The second-order valence-corrected chi connectivity index (χ2v) is 6.42. The van der Waals surface area contributed by atoms with Crippen LogP contribution in [0.15, 0.2) is 64.1 Å². The number of benzene rings is 1. The Kier molecular flexibility index (Phi) is 5.28. The lowest BCUT2D eigenvalue weighted by molar-refractivity contribution is 0.302. The maximum absolute atomic E-state index is 12.9. The van der Waals surface area contributed by atoms with Gasteiger partial charge in [-0.3, -0.25) is 9.78 Å². The molecule has 3 aromatic rings. The van der Waals surface area contributed by atoms with E-state index in [1.54, 1.807) is 29.1 Å². The number of aromatic nitrogens is 2. The molecule has 0 atom stereocenters. The Balaban J connectivity index is 1.82. The van der Waals surface area contributed by atoms with Crippen molar-refractivity contribution in [2.24, 2.45) is 0 Å². The molecule has 3 rings (SSSR count). The fraction of sp³-hybridized carbons (Fsp3) is 0.158. The molecular formula is C19H16BrFN2O2. The molecule has 2 aromatic heterocycles. The average molecular weight is 403 g/mol. The number of nitrogens with zero attached hydrogens (tertiary/aromatic N) is 2. The minimum Gasteiger partial charge on any atom is -0.487 e. The molecule has 0 saturated heterocycles. The van der Waals surface area contributed by atoms with Crippen molar-refractivity contribution in [1.82, 2.24) is 9.55 Å². The monoisotopic (exact) mass is 402 g/mol. The van der Waals surface area contributed by atoms with Crippen molar-refractivity contribution in [1.29, 1.82) is 0 Å². The van der Waals surface area contributed by atoms with Crippen LogP contribution in [0.5, 0.6) is 5.75 Å². The third-order valence-corrected chi connectivity index (χ3v) is 4.52. The van der Waals surface area contributed by atoms with Gasteiger partial charge in [0, 0.05) is 24.2 Å². The van der Waals surface area contributed by atoms with E-state index in [1.165, 1.54) is 12.1 Å². The molecule has 1 aromatic carbocycles. The first-order chi connectivity index (χ1) is 12.0. The molecular weight excluding hydrogens is 387 g/mol. The van der Waals surface area contributed by atoms with E-state index in [4.69, 9.17) is 4.74 Å². The zero-order chi connectivity index (χ0) is 17.8. The second-order valence-electron chi connectivity index (χ2n) is 5.63. The molecule has 0 aliphatic rings. The van der Waals surface area contributed by atoms with Crippen molar-refractivity contribution >= 4 is 15.9 Å². The summed E-state index contributed by atoms with van der Waals surface area (Å²) in [5.41, 5.74) is 2.38. The molecule has 4 nitrogen and oxygen atoms in total. The van der Waals surface area contributed by atoms with Crippen LogP contribution in [0.3, 0.4) is 0 Å². The summed E-state index contributed by atoms with van der Waals surface area (Å²) in [6.45, 7) is 2.55. The van der Waals surface area contributed by atoms with Gasteiger partial charge in [-0.15, -0.1) is 0 Å². The fourth-order valence-electron chi connectivity index (χ4n) is 2.43. The Hall–Kier alpha value is -2.47. The van der Waals surface area contributed by atoms with Gasteiger partial charge in [0.1, 0.15) is 22.6 Å². The Morgan fingerprint density at radius 1 is 1.20 bits per heavy atom. The van der Waals surface area contributed by atoms with Crippen LogP contribution < -0.4 is 10.3 Å². The van der Waals surface area contributed by atoms with Gasteiger partial charge in [-0.2, -0.15) is 0 Å². The summed E-state index contributed by atoms with van der Waals surface area (Å²) in [5, 5.41) is 0. The molecule has 0 radical (unpaired) electrons. The van der Waals surface area contributed by atoms with E-state index in [0.29, 0.717) is 16.8 Å². The number of rotatable bonds is 5. The van der Waals surface area contributed by atoms with Gasteiger partial charge in [0.25, 0.3) is 5.56 Å². The third kappa shape index (κ3) is 4.14. The predicted octanol–water partition coefficient (Wildman–Crippen LogP) is 4.08. The predicted molar refractivity (Wildman–Crippen MR) is 97.2 cm³/mol. The summed E-state index contributed by atoms with van der Waals surface area (Å²) in [6.07, 6.45) is 3.43. The van der Waals surface area contributed by atoms with Crippen LogP contribution in [-0.2, 0) is 13.2 Å². The summed E-state index contributed by atoms with van der Waals surface area (Å²) in [5.74, 6) is 0.174. The summed E-state index contributed by atoms with van der Waals surface area (Å²) in [6, 6.07) is 11.6. The highest BCUT2D eigenvalue weighted by molar-refractivity contribution is 9.10. The Morgan fingerprint density at radius 2 is 1.96 bits per heavy atom. The van der Waals surface area contributed by atoms with Crippen molar-refractivity contribution in [2.45, 2.75) is 20.1 Å². The number of aryl methyl sites for hydroxylation is 1. The highest BCUT2D eigenvalue weighted by Gasteiger charge is 2.12. The highest BCUT2D eigenvalue weighted by atomic mass is 79.9. The van der Waals surface area contributed by atoms with E-state index in [1.807, 2.05) is 25.1 Å². The Bertz CT molecular complexity index is 925. The molecule has 0 bridgehead atoms. The van der Waals surface area contributed by atoms with E-state index in [0.717, 1.165) is 16.8 Å². The first-order valence-electron chi connectivity index (χ1n) is 7.70. The van der Waals surface area contributed by atoms with Crippen molar-refractivity contribution in [3.8, 4) is 5.75 Å². The topological polar surface area (TPSA) is 44.1 Å². The Morgan fingerprint density at radius 3 is 2.64 bits per heavy atom. The van der Waals surface area contributed by atoms with E-state index < -0.39 is 0 Å². The highest BCUT2D eigenvalue weighted by Crippen LogP contribution is 2.24. The maximum Gasteiger partial charge on any atom is 0.269 e. The van der Waals surface area contributed by atoms with E-state index in [9.17, 15) is 9.18 Å². The minimum atomic E-state index is -0.293. The molecule has 0 N–H and O–H groups in total. The quantitative estimate of drug-likeness (QED) is 0.645. The third-order valence-electron chi connectivity index (χ3n) is 3.79. The van der Waals surface area contributed by atoms with Crippen LogP contribution in [0.4, 0.5) is 4.39 Å². The first-order valence-corrected chi connectivity index (χ1v) is 8.50. The molecule has 128 valence electrons. The van der Waals surface area contributed by atoms with Crippen LogP contribution in [0.25, 0.3) is 0 Å². The summed E-state index contributed by atoms with van der Waals surface area (Å²) < 4.78 is 20.7. The van der Waals surface area contributed by atoms with Gasteiger partial charge in [0.05, 0.1) is 6.54 Å². The van der Waals surface area contributed by atoms with Crippen LogP contribution in [-0.4, -0.2) is 9.55 Å². The minimum absolute atomic E-state index is 0.169. The van der Waals surface area contributed by atoms with Gasteiger partial charge in [-0.25, -0.2) is 4.39 Å². The van der Waals surface area contributed by atoms with E-state index in [-0.39, 0.29) is 18.0 Å². The lowest BCUT2D eigenvalue weighted by Gasteiger charge is -2.14. The molecule has 0 saturated carbocycles. The first kappa shape index (κ1) is 17.4. The van der Waals surface area contributed by atoms with Gasteiger partial charge in [-0.05, 0) is 52.2 Å². The molecule has 0 aliphatic carbocycles. The van der Waals surface area contributed by atoms with Crippen LogP contribution in [0.1, 0.15) is 16.8 Å². The number of hydrogen-bond acceptors (Lipinski definition) is 3. The van der Waals surface area contributed by atoms with Crippen LogP contribution >= 0.6 is 15.9 Å². The second kappa shape index (κ2) is 7.61. The zero-order valence-corrected chi connectivity index (χ0v) is 15.2. The molecule has 25 heavy (non-hydrogen) atoms. The summed E-state index contributed by atoms with van der Waals surface area (Å²) >= 11 is 3.33. The largest absolute Gasteiger partial charge is 0.487 e. The number of halogens is 2. The molecule has 0 fully saturated rings. The zero-order valence-electron chi connectivity index (χ0n) is 13.6. The van der Waals surface area contributed by atoms with Gasteiger partial charge in [0.2, 0.25) is 0 Å². The molecule has 0 unspecified atom stereocenters. The maximum atomic E-state index is 12.9. The molecule has 0 amide bonds. The van der Waals surface area contributed by atoms with E-state index in [2.05, 4.69) is 20.9 Å². The standard InChI is InChI=1S/C19H16BrFN2O2/c1-13-9-17(25-12-14-4-6-16(21)7-5-14)18(20)19(24)23(13)11-15-3-2-8-22-10-15/h2-10H,11-12H2,1H3. The molecule has 0 spiro atoms. The Labute approximate surface area is 153 Å². The molecule has 6 heteroatoms.